The van der Waals surface area contributed by atoms with Gasteiger partial charge in [0.25, 0.3) is 0 Å². The number of nitrogens with zero attached hydrogens (tertiary/aromatic N) is 1. The van der Waals surface area contributed by atoms with Crippen LogP contribution in [-0.4, -0.2) is 24.7 Å². The van der Waals surface area contributed by atoms with Crippen LogP contribution in [0.5, 0.6) is 0 Å². The van der Waals surface area contributed by atoms with Crippen LogP contribution in [0.4, 0.5) is 5.69 Å². The molecule has 0 aromatic heterocycles. The minimum absolute atomic E-state index is 0.173. The molecule has 2 nitrogen and oxygen atoms in total. The van der Waals surface area contributed by atoms with Gasteiger partial charge in [0.2, 0.25) is 0 Å². The van der Waals surface area contributed by atoms with Crippen molar-refractivity contribution in [2.45, 2.75) is 58.5 Å². The van der Waals surface area contributed by atoms with Crippen LogP contribution in [0.25, 0.3) is 0 Å². The van der Waals surface area contributed by atoms with Gasteiger partial charge < -0.3 is 10.2 Å². The second kappa shape index (κ2) is 6.76. The molecule has 1 aliphatic rings. The van der Waals surface area contributed by atoms with Crippen molar-refractivity contribution < 1.29 is 0 Å². The van der Waals surface area contributed by atoms with Gasteiger partial charge in [-0.25, -0.2) is 0 Å². The highest BCUT2D eigenvalue weighted by Crippen LogP contribution is 2.36. The SMILES string of the molecule is CCC1CNC(CC)(CC)CN1c1cc(Cl)c(C)cc1Cl. The molecular formula is C17H26Cl2N2. The van der Waals surface area contributed by atoms with Crippen molar-refractivity contribution in [3.05, 3.63) is 27.7 Å². The first-order valence-electron chi connectivity index (χ1n) is 7.93. The van der Waals surface area contributed by atoms with E-state index in [0.717, 1.165) is 53.6 Å². The van der Waals surface area contributed by atoms with Crippen molar-refractivity contribution in [1.29, 1.82) is 0 Å². The van der Waals surface area contributed by atoms with Gasteiger partial charge in [-0.3, -0.25) is 0 Å². The van der Waals surface area contributed by atoms with Crippen LogP contribution >= 0.6 is 23.2 Å². The second-order valence-corrected chi connectivity index (χ2v) is 6.93. The highest BCUT2D eigenvalue weighted by Gasteiger charge is 2.36. The van der Waals surface area contributed by atoms with Gasteiger partial charge in [0.15, 0.2) is 0 Å². The summed E-state index contributed by atoms with van der Waals surface area (Å²) in [6.07, 6.45) is 3.33. The van der Waals surface area contributed by atoms with Crippen LogP contribution in [0, 0.1) is 6.92 Å². The third-order valence-electron chi connectivity index (χ3n) is 4.99. The molecule has 1 unspecified atom stereocenters. The van der Waals surface area contributed by atoms with Crippen LogP contribution in [-0.2, 0) is 0 Å². The van der Waals surface area contributed by atoms with E-state index in [0.29, 0.717) is 6.04 Å². The zero-order valence-corrected chi connectivity index (χ0v) is 15.0. The Bertz CT molecular complexity index is 498. The maximum atomic E-state index is 6.52. The Hall–Kier alpha value is -0.440. The lowest BCUT2D eigenvalue weighted by Crippen LogP contribution is -2.64. The highest BCUT2D eigenvalue weighted by atomic mass is 35.5. The largest absolute Gasteiger partial charge is 0.364 e. The molecule has 0 aliphatic carbocycles. The van der Waals surface area contributed by atoms with Gasteiger partial charge in [0.05, 0.1) is 10.7 Å². The van der Waals surface area contributed by atoms with Crippen LogP contribution < -0.4 is 10.2 Å². The van der Waals surface area contributed by atoms with E-state index in [-0.39, 0.29) is 5.54 Å². The molecule has 118 valence electrons. The second-order valence-electron chi connectivity index (χ2n) is 6.11. The fourth-order valence-electron chi connectivity index (χ4n) is 3.18. The Morgan fingerprint density at radius 3 is 2.43 bits per heavy atom. The van der Waals surface area contributed by atoms with Crippen molar-refractivity contribution in [3.63, 3.8) is 0 Å². The van der Waals surface area contributed by atoms with Crippen molar-refractivity contribution in [2.24, 2.45) is 0 Å². The Kier molecular flexibility index (Phi) is 5.45. The van der Waals surface area contributed by atoms with Crippen LogP contribution in [0.1, 0.15) is 45.6 Å². The molecule has 0 amide bonds. The van der Waals surface area contributed by atoms with Crippen molar-refractivity contribution in [1.82, 2.24) is 5.32 Å². The van der Waals surface area contributed by atoms with Gasteiger partial charge in [-0.05, 0) is 43.9 Å². The molecule has 0 bridgehead atoms. The summed E-state index contributed by atoms with van der Waals surface area (Å²) in [7, 11) is 0. The maximum absolute atomic E-state index is 6.52. The average molecular weight is 329 g/mol. The molecule has 1 atom stereocenters. The molecule has 1 fully saturated rings. The predicted molar refractivity (Wildman–Crippen MR) is 93.9 cm³/mol. The van der Waals surface area contributed by atoms with E-state index in [1.807, 2.05) is 19.1 Å². The van der Waals surface area contributed by atoms with E-state index in [1.54, 1.807) is 0 Å². The standard InChI is InChI=1S/C17H26Cl2N2/c1-5-13-10-20-17(6-2,7-3)11-21(13)16-9-14(18)12(4)8-15(16)19/h8-9,13,20H,5-7,10-11H2,1-4H3. The number of rotatable bonds is 4. The highest BCUT2D eigenvalue weighted by molar-refractivity contribution is 6.35. The van der Waals surface area contributed by atoms with E-state index in [9.17, 15) is 0 Å². The number of anilines is 1. The molecule has 1 N–H and O–H groups in total. The number of piperazine rings is 1. The Morgan fingerprint density at radius 1 is 1.19 bits per heavy atom. The number of hydrogen-bond donors (Lipinski definition) is 1. The number of aryl methyl sites for hydroxylation is 1. The summed E-state index contributed by atoms with van der Waals surface area (Å²) in [5.41, 5.74) is 2.28. The van der Waals surface area contributed by atoms with Gasteiger partial charge in [0.1, 0.15) is 0 Å². The fraction of sp³-hybridized carbons (Fsp3) is 0.647. The molecule has 4 heteroatoms. The van der Waals surface area contributed by atoms with Crippen molar-refractivity contribution in [2.75, 3.05) is 18.0 Å². The first-order valence-corrected chi connectivity index (χ1v) is 8.69. The predicted octanol–water partition coefficient (Wildman–Crippen LogP) is 5.05. The molecule has 1 heterocycles. The van der Waals surface area contributed by atoms with E-state index < -0.39 is 0 Å². The van der Waals surface area contributed by atoms with Crippen LogP contribution in [0.2, 0.25) is 10.0 Å². The monoisotopic (exact) mass is 328 g/mol. The molecule has 0 spiro atoms. The van der Waals surface area contributed by atoms with Gasteiger partial charge in [0, 0.05) is 29.7 Å². The summed E-state index contributed by atoms with van der Waals surface area (Å²) in [5.74, 6) is 0. The van der Waals surface area contributed by atoms with E-state index in [4.69, 9.17) is 23.2 Å². The number of hydrogen-bond acceptors (Lipinski definition) is 2. The molecular weight excluding hydrogens is 303 g/mol. The first-order chi connectivity index (χ1) is 9.96. The molecule has 1 aromatic carbocycles. The van der Waals surface area contributed by atoms with Crippen LogP contribution in [0.3, 0.4) is 0 Å². The molecule has 1 aliphatic heterocycles. The summed E-state index contributed by atoms with van der Waals surface area (Å²) in [6, 6.07) is 4.48. The summed E-state index contributed by atoms with van der Waals surface area (Å²) in [6.45, 7) is 10.7. The van der Waals surface area contributed by atoms with Crippen molar-refractivity contribution in [3.8, 4) is 0 Å². The van der Waals surface area contributed by atoms with Crippen molar-refractivity contribution >= 4 is 28.9 Å². The lowest BCUT2D eigenvalue weighted by atomic mass is 9.87. The van der Waals surface area contributed by atoms with Gasteiger partial charge >= 0.3 is 0 Å². The summed E-state index contributed by atoms with van der Waals surface area (Å²) >= 11 is 12.8. The lowest BCUT2D eigenvalue weighted by molar-refractivity contribution is 0.246. The molecule has 0 radical (unpaired) electrons. The molecule has 1 saturated heterocycles. The zero-order valence-electron chi connectivity index (χ0n) is 13.5. The maximum Gasteiger partial charge on any atom is 0.0643 e. The topological polar surface area (TPSA) is 15.3 Å². The molecule has 2 rings (SSSR count). The molecule has 1 aromatic rings. The number of halogens is 2. The fourth-order valence-corrected chi connectivity index (χ4v) is 3.67. The number of benzene rings is 1. The third-order valence-corrected chi connectivity index (χ3v) is 5.70. The Labute approximate surface area is 138 Å². The van der Waals surface area contributed by atoms with Gasteiger partial charge in [-0.2, -0.15) is 0 Å². The van der Waals surface area contributed by atoms with Crippen LogP contribution in [0.15, 0.2) is 12.1 Å². The van der Waals surface area contributed by atoms with Gasteiger partial charge in [-0.15, -0.1) is 0 Å². The van der Waals surface area contributed by atoms with E-state index in [2.05, 4.69) is 31.0 Å². The minimum Gasteiger partial charge on any atom is -0.364 e. The summed E-state index contributed by atoms with van der Waals surface area (Å²) in [4.78, 5) is 2.46. The number of nitrogens with one attached hydrogen (secondary N) is 1. The quantitative estimate of drug-likeness (QED) is 0.832. The lowest BCUT2D eigenvalue weighted by Gasteiger charge is -2.48. The third kappa shape index (κ3) is 3.33. The Balaban J connectivity index is 2.40. The van der Waals surface area contributed by atoms with E-state index in [1.165, 1.54) is 0 Å². The van der Waals surface area contributed by atoms with Gasteiger partial charge in [-0.1, -0.05) is 44.0 Å². The first kappa shape index (κ1) is 16.9. The zero-order chi connectivity index (χ0) is 15.6. The summed E-state index contributed by atoms with van der Waals surface area (Å²) < 4.78 is 0. The minimum atomic E-state index is 0.173. The normalized spacial score (nSPS) is 21.6. The smallest absolute Gasteiger partial charge is 0.0643 e. The average Bonchev–Trinajstić information content (AvgIpc) is 2.50. The summed E-state index contributed by atoms with van der Waals surface area (Å²) in [5, 5.41) is 5.36. The molecule has 0 saturated carbocycles. The Morgan fingerprint density at radius 2 is 1.86 bits per heavy atom. The molecule has 21 heavy (non-hydrogen) atoms. The van der Waals surface area contributed by atoms with E-state index >= 15 is 0 Å².